The summed E-state index contributed by atoms with van der Waals surface area (Å²) in [6.45, 7) is 8.64. The Balaban J connectivity index is 2.20. The van der Waals surface area contributed by atoms with E-state index in [1.54, 1.807) is 39.0 Å². The topological polar surface area (TPSA) is 94.7 Å². The molecule has 0 bridgehead atoms. The lowest BCUT2D eigenvalue weighted by Crippen LogP contribution is -2.25. The van der Waals surface area contributed by atoms with Crippen molar-refractivity contribution >= 4 is 17.7 Å². The van der Waals surface area contributed by atoms with Gasteiger partial charge in [-0.2, -0.15) is 0 Å². The lowest BCUT2D eigenvalue weighted by atomic mass is 10.1. The molecule has 1 N–H and O–H groups in total. The molecule has 0 spiro atoms. The van der Waals surface area contributed by atoms with Crippen LogP contribution in [0.3, 0.4) is 0 Å². The molecule has 0 saturated carbocycles. The summed E-state index contributed by atoms with van der Waals surface area (Å²) >= 11 is 0. The number of rotatable bonds is 7. The highest BCUT2D eigenvalue weighted by atomic mass is 16.5. The minimum Gasteiger partial charge on any atom is -0.496 e. The second-order valence-electron chi connectivity index (χ2n) is 6.44. The van der Waals surface area contributed by atoms with Crippen molar-refractivity contribution in [2.75, 3.05) is 13.7 Å². The summed E-state index contributed by atoms with van der Waals surface area (Å²) in [4.78, 5) is 40.2. The fraction of sp³-hybridized carbons (Fsp3) is 0.381. The highest BCUT2D eigenvalue weighted by Gasteiger charge is 2.28. The molecule has 0 unspecified atom stereocenters. The maximum absolute atomic E-state index is 12.8. The molecule has 2 aromatic rings. The summed E-state index contributed by atoms with van der Waals surface area (Å²) in [5, 5.41) is 0. The van der Waals surface area contributed by atoms with Gasteiger partial charge in [-0.15, -0.1) is 0 Å². The molecule has 1 aromatic carbocycles. The zero-order valence-corrected chi connectivity index (χ0v) is 17.0. The molecule has 0 radical (unpaired) electrons. The number of hydrogen-bond donors (Lipinski definition) is 1. The Morgan fingerprint density at radius 1 is 1.11 bits per heavy atom. The van der Waals surface area contributed by atoms with E-state index in [1.165, 1.54) is 14.0 Å². The van der Waals surface area contributed by atoms with Crippen molar-refractivity contribution in [3.05, 3.63) is 51.8 Å². The first kappa shape index (κ1) is 21.2. The highest BCUT2D eigenvalue weighted by molar-refractivity contribution is 6.04. The van der Waals surface area contributed by atoms with E-state index in [4.69, 9.17) is 14.2 Å². The Hall–Kier alpha value is -3.09. The van der Waals surface area contributed by atoms with E-state index in [1.807, 2.05) is 6.92 Å². The number of aryl methyl sites for hydroxylation is 2. The third-order valence-corrected chi connectivity index (χ3v) is 4.46. The van der Waals surface area contributed by atoms with E-state index in [9.17, 15) is 14.4 Å². The molecule has 0 aliphatic rings. The molecule has 1 atom stereocenters. The summed E-state index contributed by atoms with van der Waals surface area (Å²) in [5.74, 6) is -0.998. The van der Waals surface area contributed by atoms with Gasteiger partial charge < -0.3 is 19.2 Å². The number of hydrogen-bond acceptors (Lipinski definition) is 6. The number of nitrogens with one attached hydrogen (secondary N) is 1. The van der Waals surface area contributed by atoms with Crippen molar-refractivity contribution in [2.45, 2.75) is 40.7 Å². The average Bonchev–Trinajstić information content (AvgIpc) is 2.95. The van der Waals surface area contributed by atoms with Gasteiger partial charge in [-0.25, -0.2) is 9.59 Å². The lowest BCUT2D eigenvalue weighted by Gasteiger charge is -2.13. The fourth-order valence-corrected chi connectivity index (χ4v) is 2.94. The van der Waals surface area contributed by atoms with Gasteiger partial charge in [0.2, 0.25) is 5.78 Å². The molecule has 0 amide bonds. The van der Waals surface area contributed by atoms with Crippen LogP contribution in [0.25, 0.3) is 0 Å². The molecule has 0 fully saturated rings. The lowest BCUT2D eigenvalue weighted by molar-refractivity contribution is 0.0316. The predicted octanol–water partition coefficient (Wildman–Crippen LogP) is 3.55. The molecule has 0 saturated heterocycles. The van der Waals surface area contributed by atoms with Crippen LogP contribution in [0.2, 0.25) is 0 Å². The van der Waals surface area contributed by atoms with Crippen molar-refractivity contribution < 1.29 is 28.6 Å². The van der Waals surface area contributed by atoms with E-state index in [0.29, 0.717) is 22.6 Å². The van der Waals surface area contributed by atoms with Crippen LogP contribution in [0.5, 0.6) is 5.75 Å². The Bertz CT molecular complexity index is 912. The number of aromatic amines is 1. The molecule has 28 heavy (non-hydrogen) atoms. The van der Waals surface area contributed by atoms with Crippen LogP contribution in [0.15, 0.2) is 18.2 Å². The van der Waals surface area contributed by atoms with Gasteiger partial charge in [-0.05, 0) is 57.9 Å². The number of ether oxygens (including phenoxy) is 3. The summed E-state index contributed by atoms with van der Waals surface area (Å²) in [7, 11) is 1.51. The molecule has 0 aliphatic heterocycles. The zero-order valence-electron chi connectivity index (χ0n) is 17.0. The molecule has 1 heterocycles. The van der Waals surface area contributed by atoms with E-state index in [-0.39, 0.29) is 17.9 Å². The first-order chi connectivity index (χ1) is 13.2. The first-order valence-electron chi connectivity index (χ1n) is 8.97. The van der Waals surface area contributed by atoms with E-state index < -0.39 is 23.8 Å². The number of ketones is 1. The summed E-state index contributed by atoms with van der Waals surface area (Å²) in [6.07, 6.45) is -1.04. The summed E-state index contributed by atoms with van der Waals surface area (Å²) < 4.78 is 15.6. The molecule has 7 heteroatoms. The van der Waals surface area contributed by atoms with E-state index >= 15 is 0 Å². The second-order valence-corrected chi connectivity index (χ2v) is 6.44. The molecule has 7 nitrogen and oxygen atoms in total. The third kappa shape index (κ3) is 4.24. The van der Waals surface area contributed by atoms with Crippen LogP contribution in [0.1, 0.15) is 61.9 Å². The molecule has 0 aliphatic carbocycles. The Kier molecular flexibility index (Phi) is 6.62. The SMILES string of the molecule is CCOC(=O)c1c(C)[nH]c(C(=O)[C@@H](C)OC(=O)c2ccc(C)c(OC)c2)c1C. The summed E-state index contributed by atoms with van der Waals surface area (Å²) in [6, 6.07) is 4.92. The monoisotopic (exact) mass is 387 g/mol. The van der Waals surface area contributed by atoms with Crippen molar-refractivity contribution in [2.24, 2.45) is 0 Å². The maximum atomic E-state index is 12.8. The number of aromatic nitrogens is 1. The van der Waals surface area contributed by atoms with Gasteiger partial charge in [0, 0.05) is 5.69 Å². The van der Waals surface area contributed by atoms with Gasteiger partial charge in [-0.3, -0.25) is 4.79 Å². The number of carbonyl (C=O) groups excluding carboxylic acids is 3. The standard InChI is InChI=1S/C21H25NO6/c1-7-27-21(25)17-12(3)18(22-13(17)4)19(23)14(5)28-20(24)15-9-8-11(2)16(10-15)26-6/h8-10,14,22H,7H2,1-6H3/t14-/m1/s1. The van der Waals surface area contributed by atoms with Crippen LogP contribution >= 0.6 is 0 Å². The second kappa shape index (κ2) is 8.73. The van der Waals surface area contributed by atoms with E-state index in [0.717, 1.165) is 5.56 Å². The minimum absolute atomic E-state index is 0.224. The van der Waals surface area contributed by atoms with Crippen molar-refractivity contribution in [1.29, 1.82) is 0 Å². The number of benzene rings is 1. The molecule has 2 rings (SSSR count). The number of esters is 2. The largest absolute Gasteiger partial charge is 0.496 e. The maximum Gasteiger partial charge on any atom is 0.340 e. The van der Waals surface area contributed by atoms with Crippen LogP contribution in [0, 0.1) is 20.8 Å². The van der Waals surface area contributed by atoms with Crippen molar-refractivity contribution in [1.82, 2.24) is 4.98 Å². The Labute approximate surface area is 164 Å². The smallest absolute Gasteiger partial charge is 0.340 e. The fourth-order valence-electron chi connectivity index (χ4n) is 2.94. The zero-order chi connectivity index (χ0) is 21.0. The quantitative estimate of drug-likeness (QED) is 0.577. The molecular weight excluding hydrogens is 362 g/mol. The van der Waals surface area contributed by atoms with Crippen LogP contribution in [0.4, 0.5) is 0 Å². The molecule has 1 aromatic heterocycles. The van der Waals surface area contributed by atoms with E-state index in [2.05, 4.69) is 4.98 Å². The normalized spacial score (nSPS) is 11.6. The number of methoxy groups -OCH3 is 1. The molecule has 150 valence electrons. The van der Waals surface area contributed by atoms with Gasteiger partial charge >= 0.3 is 11.9 Å². The number of carbonyl (C=O) groups is 3. The van der Waals surface area contributed by atoms with Gasteiger partial charge in [0.1, 0.15) is 5.75 Å². The summed E-state index contributed by atoms with van der Waals surface area (Å²) in [5.41, 5.74) is 2.72. The average molecular weight is 387 g/mol. The molecular formula is C21H25NO6. The Morgan fingerprint density at radius 2 is 1.79 bits per heavy atom. The van der Waals surface area contributed by atoms with Gasteiger partial charge in [-0.1, -0.05) is 6.07 Å². The van der Waals surface area contributed by atoms with Gasteiger partial charge in [0.05, 0.1) is 30.5 Å². The van der Waals surface area contributed by atoms with Gasteiger partial charge in [0.15, 0.2) is 6.10 Å². The van der Waals surface area contributed by atoms with Crippen molar-refractivity contribution in [3.63, 3.8) is 0 Å². The predicted molar refractivity (Wildman–Crippen MR) is 103 cm³/mol. The van der Waals surface area contributed by atoms with Crippen LogP contribution < -0.4 is 4.74 Å². The third-order valence-electron chi connectivity index (χ3n) is 4.46. The van der Waals surface area contributed by atoms with Crippen LogP contribution in [-0.2, 0) is 9.47 Å². The van der Waals surface area contributed by atoms with Crippen LogP contribution in [-0.4, -0.2) is 42.5 Å². The highest BCUT2D eigenvalue weighted by Crippen LogP contribution is 2.23. The van der Waals surface area contributed by atoms with Crippen molar-refractivity contribution in [3.8, 4) is 5.75 Å². The number of Topliss-reactive ketones (excluding diaryl/α,β-unsaturated/α-hetero) is 1. The Morgan fingerprint density at radius 3 is 2.39 bits per heavy atom. The number of H-pyrrole nitrogens is 1. The van der Waals surface area contributed by atoms with Gasteiger partial charge in [0.25, 0.3) is 0 Å². The first-order valence-corrected chi connectivity index (χ1v) is 8.97. The minimum atomic E-state index is -1.04.